The number of hydrazone groups is 1. The first kappa shape index (κ1) is 26.2. The molecule has 0 aliphatic heterocycles. The maximum absolute atomic E-state index is 12.5. The molecule has 0 spiro atoms. The Morgan fingerprint density at radius 1 is 1.05 bits per heavy atom. The first-order valence-corrected chi connectivity index (χ1v) is 13.0. The van der Waals surface area contributed by atoms with Crippen molar-refractivity contribution in [2.75, 3.05) is 12.9 Å². The fourth-order valence-electron chi connectivity index (χ4n) is 3.73. The zero-order valence-corrected chi connectivity index (χ0v) is 22.5. The summed E-state index contributed by atoms with van der Waals surface area (Å²) < 4.78 is 7.28. The van der Waals surface area contributed by atoms with Crippen LogP contribution in [0.15, 0.2) is 83.1 Å². The molecule has 4 rings (SSSR count). The number of aryl methyl sites for hydroxylation is 1. The van der Waals surface area contributed by atoms with Gasteiger partial charge in [-0.25, -0.2) is 5.43 Å². The molecule has 7 nitrogen and oxygen atoms in total. The fraction of sp³-hybridized carbons (Fsp3) is 0.241. The Balaban J connectivity index is 1.55. The van der Waals surface area contributed by atoms with Crippen molar-refractivity contribution >= 4 is 23.9 Å². The highest BCUT2D eigenvalue weighted by Crippen LogP contribution is 2.30. The highest BCUT2D eigenvalue weighted by molar-refractivity contribution is 7.99. The van der Waals surface area contributed by atoms with Crippen LogP contribution in [0.25, 0.3) is 17.1 Å². The topological polar surface area (TPSA) is 81.4 Å². The number of carbonyl (C=O) groups excluding carboxylic acids is 1. The van der Waals surface area contributed by atoms with Crippen LogP contribution >= 0.6 is 11.8 Å². The van der Waals surface area contributed by atoms with Gasteiger partial charge in [-0.2, -0.15) is 5.10 Å². The summed E-state index contributed by atoms with van der Waals surface area (Å²) in [6.07, 6.45) is 1.63. The van der Waals surface area contributed by atoms with E-state index in [1.807, 2.05) is 60.0 Å². The monoisotopic (exact) mass is 513 g/mol. The van der Waals surface area contributed by atoms with E-state index < -0.39 is 0 Å². The number of hydrogen-bond donors (Lipinski definition) is 1. The number of amides is 1. The summed E-state index contributed by atoms with van der Waals surface area (Å²) in [5.74, 6) is 1.37. The van der Waals surface area contributed by atoms with Crippen molar-refractivity contribution in [3.8, 4) is 22.8 Å². The summed E-state index contributed by atoms with van der Waals surface area (Å²) in [5, 5.41) is 13.6. The molecular weight excluding hydrogens is 482 g/mol. The Morgan fingerprint density at radius 3 is 2.43 bits per heavy atom. The minimum Gasteiger partial charge on any atom is -0.497 e. The number of nitrogens with zero attached hydrogens (tertiary/aromatic N) is 4. The Morgan fingerprint density at radius 2 is 1.78 bits per heavy atom. The van der Waals surface area contributed by atoms with Gasteiger partial charge in [0.05, 0.1) is 19.1 Å². The van der Waals surface area contributed by atoms with E-state index in [0.717, 1.165) is 28.1 Å². The number of nitrogens with one attached hydrogen (secondary N) is 1. The minimum absolute atomic E-state index is 0.0540. The lowest BCUT2D eigenvalue weighted by molar-refractivity contribution is -0.118. The predicted octanol–water partition coefficient (Wildman–Crippen LogP) is 5.79. The average molecular weight is 514 g/mol. The summed E-state index contributed by atoms with van der Waals surface area (Å²) in [6, 6.07) is 23.9. The van der Waals surface area contributed by atoms with Crippen molar-refractivity contribution in [1.29, 1.82) is 0 Å². The van der Waals surface area contributed by atoms with E-state index in [-0.39, 0.29) is 17.1 Å². The maximum atomic E-state index is 12.5. The van der Waals surface area contributed by atoms with Crippen LogP contribution in [-0.2, 0) is 10.2 Å². The van der Waals surface area contributed by atoms with Crippen LogP contribution < -0.4 is 10.2 Å². The van der Waals surface area contributed by atoms with Gasteiger partial charge in [-0.1, -0.05) is 86.6 Å². The molecule has 1 heterocycles. The van der Waals surface area contributed by atoms with Gasteiger partial charge in [0.15, 0.2) is 11.0 Å². The zero-order chi connectivity index (χ0) is 26.4. The largest absolute Gasteiger partial charge is 0.497 e. The lowest BCUT2D eigenvalue weighted by atomic mass is 9.87. The Bertz CT molecular complexity index is 1390. The third-order valence-corrected chi connectivity index (χ3v) is 6.68. The van der Waals surface area contributed by atoms with Crippen LogP contribution in [0, 0.1) is 6.92 Å². The van der Waals surface area contributed by atoms with E-state index in [4.69, 9.17) is 4.74 Å². The molecule has 1 N–H and O–H groups in total. The molecule has 0 unspecified atom stereocenters. The van der Waals surface area contributed by atoms with Crippen LogP contribution in [0.3, 0.4) is 0 Å². The number of carbonyl (C=O) groups is 1. The number of methoxy groups -OCH3 is 1. The molecule has 0 aliphatic rings. The molecule has 0 fully saturated rings. The Hall–Kier alpha value is -3.91. The molecule has 1 amide bonds. The predicted molar refractivity (Wildman–Crippen MR) is 150 cm³/mol. The molecule has 1 aromatic heterocycles. The van der Waals surface area contributed by atoms with Gasteiger partial charge in [-0.3, -0.25) is 9.36 Å². The number of thioether (sulfide) groups is 1. The van der Waals surface area contributed by atoms with Gasteiger partial charge < -0.3 is 4.74 Å². The summed E-state index contributed by atoms with van der Waals surface area (Å²) in [7, 11) is 1.64. The molecule has 8 heteroatoms. The standard InChI is InChI=1S/C29H31N5O2S/c1-20-7-6-8-21(17-20)18-30-31-26(35)19-37-28-33-32-27(22-9-11-23(12-10-22)29(2,3)4)34(28)24-13-15-25(36-5)16-14-24/h6-18H,19H2,1-5H3,(H,31,35)/b30-18-. The Kier molecular flexibility index (Phi) is 8.08. The highest BCUT2D eigenvalue weighted by Gasteiger charge is 2.19. The van der Waals surface area contributed by atoms with Crippen molar-refractivity contribution in [3.05, 3.63) is 89.5 Å². The first-order chi connectivity index (χ1) is 17.7. The normalized spacial score (nSPS) is 11.6. The van der Waals surface area contributed by atoms with E-state index >= 15 is 0 Å². The van der Waals surface area contributed by atoms with Crippen LogP contribution in [-0.4, -0.2) is 39.7 Å². The third kappa shape index (κ3) is 6.65. The molecule has 0 saturated carbocycles. The summed E-state index contributed by atoms with van der Waals surface area (Å²) in [4.78, 5) is 12.5. The van der Waals surface area contributed by atoms with Gasteiger partial charge in [0, 0.05) is 11.3 Å². The summed E-state index contributed by atoms with van der Waals surface area (Å²) >= 11 is 1.30. The van der Waals surface area contributed by atoms with Gasteiger partial charge in [0.25, 0.3) is 5.91 Å². The molecular formula is C29H31N5O2S. The minimum atomic E-state index is -0.228. The first-order valence-electron chi connectivity index (χ1n) is 12.0. The molecule has 0 bridgehead atoms. The lowest BCUT2D eigenvalue weighted by Gasteiger charge is -2.19. The smallest absolute Gasteiger partial charge is 0.250 e. The van der Waals surface area contributed by atoms with E-state index in [9.17, 15) is 4.79 Å². The van der Waals surface area contributed by atoms with E-state index in [1.165, 1.54) is 17.3 Å². The number of aromatic nitrogens is 3. The van der Waals surface area contributed by atoms with Crippen molar-refractivity contribution < 1.29 is 9.53 Å². The molecule has 0 saturated heterocycles. The molecule has 37 heavy (non-hydrogen) atoms. The molecule has 0 aliphatic carbocycles. The van der Waals surface area contributed by atoms with Crippen LogP contribution in [0.2, 0.25) is 0 Å². The summed E-state index contributed by atoms with van der Waals surface area (Å²) in [6.45, 7) is 8.57. The molecule has 190 valence electrons. The molecule has 0 radical (unpaired) electrons. The third-order valence-electron chi connectivity index (χ3n) is 5.75. The van der Waals surface area contributed by atoms with Crippen molar-refractivity contribution in [1.82, 2.24) is 20.2 Å². The maximum Gasteiger partial charge on any atom is 0.250 e. The van der Waals surface area contributed by atoms with Crippen LogP contribution in [0.4, 0.5) is 0 Å². The zero-order valence-electron chi connectivity index (χ0n) is 21.7. The van der Waals surface area contributed by atoms with Gasteiger partial charge in [-0.05, 0) is 47.7 Å². The quantitative estimate of drug-likeness (QED) is 0.183. The van der Waals surface area contributed by atoms with Gasteiger partial charge in [0.1, 0.15) is 5.75 Å². The number of hydrogen-bond acceptors (Lipinski definition) is 6. The van der Waals surface area contributed by atoms with Crippen LogP contribution in [0.5, 0.6) is 5.75 Å². The molecule has 0 atom stereocenters. The van der Waals surface area contributed by atoms with Crippen LogP contribution in [0.1, 0.15) is 37.5 Å². The van der Waals surface area contributed by atoms with Gasteiger partial charge in [0.2, 0.25) is 0 Å². The highest BCUT2D eigenvalue weighted by atomic mass is 32.2. The van der Waals surface area contributed by atoms with E-state index in [0.29, 0.717) is 11.0 Å². The molecule has 4 aromatic rings. The van der Waals surface area contributed by atoms with Crippen molar-refractivity contribution in [2.45, 2.75) is 38.3 Å². The van der Waals surface area contributed by atoms with Gasteiger partial charge in [-0.15, -0.1) is 10.2 Å². The average Bonchev–Trinajstić information content (AvgIpc) is 3.31. The second-order valence-corrected chi connectivity index (χ2v) is 10.6. The number of rotatable bonds is 8. The Labute approximate surface area is 222 Å². The SMILES string of the molecule is COc1ccc(-n2c(SCC(=O)N/N=C\c3cccc(C)c3)nnc2-c2ccc(C(C)(C)C)cc2)cc1. The van der Waals surface area contributed by atoms with Crippen molar-refractivity contribution in [2.24, 2.45) is 5.10 Å². The van der Waals surface area contributed by atoms with E-state index in [1.54, 1.807) is 13.3 Å². The molecule has 3 aromatic carbocycles. The van der Waals surface area contributed by atoms with Gasteiger partial charge >= 0.3 is 0 Å². The summed E-state index contributed by atoms with van der Waals surface area (Å²) in [5.41, 5.74) is 7.76. The van der Waals surface area contributed by atoms with Crippen molar-refractivity contribution in [3.63, 3.8) is 0 Å². The second kappa shape index (κ2) is 11.4. The fourth-order valence-corrected chi connectivity index (χ4v) is 4.47. The lowest BCUT2D eigenvalue weighted by Crippen LogP contribution is -2.20. The number of benzene rings is 3. The van der Waals surface area contributed by atoms with E-state index in [2.05, 4.69) is 65.8 Å². The second-order valence-electron chi connectivity index (χ2n) is 9.66. The number of ether oxygens (including phenoxy) is 1.